The van der Waals surface area contributed by atoms with Gasteiger partial charge < -0.3 is 12.4 Å². The SMILES string of the molecule is Fc1c[c-]c(-c2ccccn2)c(F)c1.[CH3-].[Pt+2].c1ccc(P(C[PH+](c2ccccc2)c2ccccc2)c2ccccc2)cc1. The van der Waals surface area contributed by atoms with Crippen LogP contribution in [0.25, 0.3) is 11.3 Å². The van der Waals surface area contributed by atoms with Crippen LogP contribution in [-0.4, -0.2) is 10.9 Å². The Kier molecular flexibility index (Phi) is 14.1. The standard InChI is InChI=1S/C25H22P2.C11H6F2N.CH3.Pt/c1-5-13-22(14-6-1)26(23-15-7-2-8-16-23)21-27(24-17-9-3-10-18-24)25-19-11-4-12-20-25;12-8-4-5-9(10(13)7-8)11-3-1-2-6-14-11;;/h1-20H,21H2;1-4,6-7H;1H3;/q;2*-1;+2/p+1. The predicted octanol–water partition coefficient (Wildman–Crippen LogP) is 8.22. The molecule has 1 heterocycles. The molecule has 0 saturated carbocycles. The smallest absolute Gasteiger partial charge is 0.358 e. The molecule has 6 heteroatoms. The van der Waals surface area contributed by atoms with Gasteiger partial charge in [-0.25, -0.2) is 0 Å². The average Bonchev–Trinajstić information content (AvgIpc) is 3.04. The molecule has 0 N–H and O–H groups in total. The van der Waals surface area contributed by atoms with E-state index in [1.807, 2.05) is 0 Å². The number of halogens is 2. The second kappa shape index (κ2) is 17.7. The van der Waals surface area contributed by atoms with Gasteiger partial charge in [0.05, 0.1) is 24.4 Å². The molecule has 0 aliphatic rings. The van der Waals surface area contributed by atoms with Gasteiger partial charge in [0.15, 0.2) is 0 Å². The van der Waals surface area contributed by atoms with Gasteiger partial charge in [-0.05, 0) is 54.6 Å². The quantitative estimate of drug-likeness (QED) is 0.118. The molecule has 218 valence electrons. The van der Waals surface area contributed by atoms with E-state index in [4.69, 9.17) is 0 Å². The predicted molar refractivity (Wildman–Crippen MR) is 179 cm³/mol. The Morgan fingerprint density at radius 2 is 1.09 bits per heavy atom. The number of rotatable bonds is 7. The van der Waals surface area contributed by atoms with Crippen molar-refractivity contribution in [2.75, 3.05) is 5.90 Å². The first-order chi connectivity index (χ1) is 20.2. The molecule has 0 spiro atoms. The van der Waals surface area contributed by atoms with Crippen molar-refractivity contribution in [1.29, 1.82) is 0 Å². The van der Waals surface area contributed by atoms with Crippen LogP contribution in [0, 0.1) is 25.1 Å². The van der Waals surface area contributed by atoms with Gasteiger partial charge in [0.25, 0.3) is 0 Å². The van der Waals surface area contributed by atoms with E-state index in [1.165, 1.54) is 27.1 Å². The maximum absolute atomic E-state index is 13.2. The molecular formula is C37H32F2NP2Pt+. The maximum atomic E-state index is 13.2. The van der Waals surface area contributed by atoms with Crippen LogP contribution in [0.2, 0.25) is 0 Å². The van der Waals surface area contributed by atoms with E-state index in [1.54, 1.807) is 24.4 Å². The minimum atomic E-state index is -0.864. The molecule has 6 rings (SSSR count). The average molecular weight is 786 g/mol. The van der Waals surface area contributed by atoms with Crippen LogP contribution in [0.3, 0.4) is 0 Å². The number of benzene rings is 5. The summed E-state index contributed by atoms with van der Waals surface area (Å²) in [4.78, 5) is 3.95. The number of hydrogen-bond donors (Lipinski definition) is 0. The largest absolute Gasteiger partial charge is 2.00 e. The number of aromatic nitrogens is 1. The molecule has 1 nitrogen and oxygen atoms in total. The summed E-state index contributed by atoms with van der Waals surface area (Å²) in [6.45, 7) is 0. The van der Waals surface area contributed by atoms with Crippen molar-refractivity contribution < 1.29 is 29.8 Å². The van der Waals surface area contributed by atoms with Gasteiger partial charge >= 0.3 is 21.1 Å². The van der Waals surface area contributed by atoms with Crippen LogP contribution in [-0.2, 0) is 21.1 Å². The number of hydrogen-bond acceptors (Lipinski definition) is 1. The van der Waals surface area contributed by atoms with Crippen LogP contribution in [0.15, 0.2) is 158 Å². The normalized spacial score (nSPS) is 10.2. The van der Waals surface area contributed by atoms with E-state index in [0.717, 1.165) is 12.1 Å². The fourth-order valence-corrected chi connectivity index (χ4v) is 11.6. The summed E-state index contributed by atoms with van der Waals surface area (Å²) in [6.07, 6.45) is 1.55. The second-order valence-electron chi connectivity index (χ2n) is 9.22. The molecule has 0 radical (unpaired) electrons. The number of nitrogens with zero attached hydrogens (tertiary/aromatic N) is 1. The van der Waals surface area contributed by atoms with Crippen LogP contribution < -0.4 is 21.2 Å². The summed E-state index contributed by atoms with van der Waals surface area (Å²) >= 11 is 0. The monoisotopic (exact) mass is 785 g/mol. The van der Waals surface area contributed by atoms with E-state index >= 15 is 0 Å². The summed E-state index contributed by atoms with van der Waals surface area (Å²) < 4.78 is 25.8. The molecule has 0 amide bonds. The van der Waals surface area contributed by atoms with E-state index in [-0.39, 0.29) is 34.1 Å². The zero-order chi connectivity index (χ0) is 28.3. The Morgan fingerprint density at radius 3 is 1.53 bits per heavy atom. The maximum Gasteiger partial charge on any atom is 2.00 e. The molecular weight excluding hydrogens is 753 g/mol. The minimum Gasteiger partial charge on any atom is -0.358 e. The van der Waals surface area contributed by atoms with Crippen molar-refractivity contribution in [2.24, 2.45) is 0 Å². The number of pyridine rings is 1. The van der Waals surface area contributed by atoms with Crippen molar-refractivity contribution in [3.63, 3.8) is 0 Å². The fraction of sp³-hybridized carbons (Fsp3) is 0.0270. The van der Waals surface area contributed by atoms with Crippen molar-refractivity contribution in [1.82, 2.24) is 4.98 Å². The zero-order valence-electron chi connectivity index (χ0n) is 23.7. The van der Waals surface area contributed by atoms with E-state index in [0.29, 0.717) is 5.69 Å². The van der Waals surface area contributed by atoms with Gasteiger partial charge in [-0.2, -0.15) is 0 Å². The Morgan fingerprint density at radius 1 is 0.628 bits per heavy atom. The molecule has 0 bridgehead atoms. The topological polar surface area (TPSA) is 12.9 Å². The van der Waals surface area contributed by atoms with Gasteiger partial charge in [-0.3, -0.25) is 8.78 Å². The Bertz CT molecular complexity index is 1470. The van der Waals surface area contributed by atoms with E-state index < -0.39 is 27.5 Å². The second-order valence-corrected chi connectivity index (χ2v) is 14.5. The van der Waals surface area contributed by atoms with Gasteiger partial charge in [-0.15, -0.1) is 12.1 Å². The van der Waals surface area contributed by atoms with Crippen molar-refractivity contribution in [2.45, 2.75) is 0 Å². The van der Waals surface area contributed by atoms with Crippen molar-refractivity contribution in [3.05, 3.63) is 183 Å². The molecule has 0 aliphatic carbocycles. The van der Waals surface area contributed by atoms with Gasteiger partial charge in [0.2, 0.25) is 0 Å². The van der Waals surface area contributed by atoms with Crippen molar-refractivity contribution in [3.8, 4) is 11.3 Å². The van der Waals surface area contributed by atoms with Crippen LogP contribution in [0.1, 0.15) is 0 Å². The van der Waals surface area contributed by atoms with E-state index in [2.05, 4.69) is 132 Å². The van der Waals surface area contributed by atoms with Crippen LogP contribution in [0.5, 0.6) is 0 Å². The van der Waals surface area contributed by atoms with Gasteiger partial charge in [0.1, 0.15) is 0 Å². The Labute approximate surface area is 270 Å². The fourth-order valence-electron chi connectivity index (χ4n) is 4.49. The Balaban J connectivity index is 0.000000269. The first-order valence-corrected chi connectivity index (χ1v) is 16.5. The first kappa shape index (κ1) is 34.2. The van der Waals surface area contributed by atoms with Gasteiger partial charge in [-0.1, -0.05) is 121 Å². The van der Waals surface area contributed by atoms with Crippen LogP contribution in [0.4, 0.5) is 8.78 Å². The summed E-state index contributed by atoms with van der Waals surface area (Å²) in [7, 11) is -1.26. The molecule has 6 aromatic rings. The first-order valence-electron chi connectivity index (χ1n) is 13.3. The molecule has 43 heavy (non-hydrogen) atoms. The summed E-state index contributed by atoms with van der Waals surface area (Å²) in [6, 6.07) is 53.8. The van der Waals surface area contributed by atoms with Crippen LogP contribution >= 0.6 is 15.8 Å². The minimum absolute atomic E-state index is 0. The molecule has 5 aromatic carbocycles. The Hall–Kier alpha value is -3.34. The van der Waals surface area contributed by atoms with Crippen molar-refractivity contribution >= 4 is 37.1 Å². The molecule has 0 aliphatic heterocycles. The zero-order valence-corrected chi connectivity index (χ0v) is 27.9. The molecule has 0 unspecified atom stereocenters. The molecule has 0 saturated heterocycles. The molecule has 0 fully saturated rings. The summed E-state index contributed by atoms with van der Waals surface area (Å²) in [5, 5.41) is 5.92. The third-order valence-corrected chi connectivity index (χ3v) is 12.9. The summed E-state index contributed by atoms with van der Waals surface area (Å²) in [5.41, 5.74) is 0.636. The molecule has 0 atom stereocenters. The summed E-state index contributed by atoms with van der Waals surface area (Å²) in [5.74, 6) is -0.0759. The third-order valence-electron chi connectivity index (χ3n) is 6.48. The van der Waals surface area contributed by atoms with E-state index in [9.17, 15) is 8.78 Å². The third kappa shape index (κ3) is 9.58. The molecule has 1 aromatic heterocycles. The van der Waals surface area contributed by atoms with Gasteiger partial charge in [0, 0.05) is 17.8 Å².